The molecule has 1 atom stereocenters. The summed E-state index contributed by atoms with van der Waals surface area (Å²) in [7, 11) is 0. The van der Waals surface area contributed by atoms with Gasteiger partial charge >= 0.3 is 0 Å². The molecule has 1 aromatic heterocycles. The van der Waals surface area contributed by atoms with Crippen molar-refractivity contribution in [2.75, 3.05) is 5.32 Å². The Hall–Kier alpha value is -2.95. The molecule has 25 heavy (non-hydrogen) atoms. The molecule has 2 aromatic carbocycles. The SMILES string of the molecule is Cc1cccc([C@H](CC(=O)Nc2cc(F)ccc2F)n2cccc2)c1. The van der Waals surface area contributed by atoms with Crippen LogP contribution in [0.2, 0.25) is 0 Å². The van der Waals surface area contributed by atoms with Crippen molar-refractivity contribution < 1.29 is 13.6 Å². The lowest BCUT2D eigenvalue weighted by Crippen LogP contribution is -2.20. The number of benzene rings is 2. The number of nitrogens with zero attached hydrogens (tertiary/aromatic N) is 1. The lowest BCUT2D eigenvalue weighted by molar-refractivity contribution is -0.116. The summed E-state index contributed by atoms with van der Waals surface area (Å²) in [5.41, 5.74) is 1.91. The van der Waals surface area contributed by atoms with Crippen LogP contribution in [0.5, 0.6) is 0 Å². The first-order valence-corrected chi connectivity index (χ1v) is 7.97. The fraction of sp³-hybridized carbons (Fsp3) is 0.150. The van der Waals surface area contributed by atoms with Crippen LogP contribution in [0.4, 0.5) is 14.5 Å². The van der Waals surface area contributed by atoms with Crippen LogP contribution in [0.3, 0.4) is 0 Å². The van der Waals surface area contributed by atoms with Gasteiger partial charge < -0.3 is 9.88 Å². The van der Waals surface area contributed by atoms with Crippen LogP contribution in [-0.4, -0.2) is 10.5 Å². The normalized spacial score (nSPS) is 12.0. The largest absolute Gasteiger partial charge is 0.346 e. The Morgan fingerprint density at radius 2 is 1.84 bits per heavy atom. The van der Waals surface area contributed by atoms with E-state index in [1.54, 1.807) is 0 Å². The Morgan fingerprint density at radius 3 is 2.56 bits per heavy atom. The van der Waals surface area contributed by atoms with Crippen LogP contribution in [0.15, 0.2) is 67.0 Å². The molecule has 0 radical (unpaired) electrons. The molecule has 5 heteroatoms. The molecule has 3 aromatic rings. The molecule has 0 unspecified atom stereocenters. The van der Waals surface area contributed by atoms with Gasteiger partial charge in [-0.25, -0.2) is 8.78 Å². The highest BCUT2D eigenvalue weighted by atomic mass is 19.1. The first-order valence-electron chi connectivity index (χ1n) is 7.97. The average molecular weight is 340 g/mol. The Morgan fingerprint density at radius 1 is 1.08 bits per heavy atom. The molecule has 0 aliphatic carbocycles. The maximum absolute atomic E-state index is 13.7. The molecule has 0 saturated heterocycles. The van der Waals surface area contributed by atoms with Gasteiger partial charge in [-0.1, -0.05) is 29.8 Å². The second-order valence-corrected chi connectivity index (χ2v) is 5.94. The molecule has 3 nitrogen and oxygen atoms in total. The van der Waals surface area contributed by atoms with Crippen molar-refractivity contribution in [3.05, 3.63) is 89.8 Å². The molecule has 0 fully saturated rings. The van der Waals surface area contributed by atoms with E-state index in [9.17, 15) is 13.6 Å². The standard InChI is InChI=1S/C20H18F2N2O/c1-14-5-4-6-15(11-14)19(24-9-2-3-10-24)13-20(25)23-18-12-16(21)7-8-17(18)22/h2-12,19H,13H2,1H3,(H,23,25)/t19-/m0/s1. The van der Waals surface area contributed by atoms with Gasteiger partial charge in [0.2, 0.25) is 5.91 Å². The summed E-state index contributed by atoms with van der Waals surface area (Å²) in [6.45, 7) is 1.98. The minimum atomic E-state index is -0.664. The summed E-state index contributed by atoms with van der Waals surface area (Å²) >= 11 is 0. The van der Waals surface area contributed by atoms with Crippen molar-refractivity contribution in [1.29, 1.82) is 0 Å². The summed E-state index contributed by atoms with van der Waals surface area (Å²) in [5, 5.41) is 2.46. The highest BCUT2D eigenvalue weighted by molar-refractivity contribution is 5.91. The van der Waals surface area contributed by atoms with Gasteiger partial charge in [-0.2, -0.15) is 0 Å². The summed E-state index contributed by atoms with van der Waals surface area (Å²) < 4.78 is 28.9. The maximum atomic E-state index is 13.7. The minimum Gasteiger partial charge on any atom is -0.346 e. The van der Waals surface area contributed by atoms with Gasteiger partial charge in [0.15, 0.2) is 0 Å². The fourth-order valence-electron chi connectivity index (χ4n) is 2.80. The predicted octanol–water partition coefficient (Wildman–Crippen LogP) is 4.69. The average Bonchev–Trinajstić information content (AvgIpc) is 3.10. The van der Waals surface area contributed by atoms with E-state index in [-0.39, 0.29) is 24.1 Å². The second kappa shape index (κ2) is 7.30. The number of hydrogen-bond acceptors (Lipinski definition) is 1. The number of carbonyl (C=O) groups excluding carboxylic acids is 1. The molecule has 128 valence electrons. The Kier molecular flexibility index (Phi) is 4.93. The Bertz CT molecular complexity index is 875. The topological polar surface area (TPSA) is 34.0 Å². The zero-order chi connectivity index (χ0) is 17.8. The van der Waals surface area contributed by atoms with E-state index in [4.69, 9.17) is 0 Å². The van der Waals surface area contributed by atoms with Crippen molar-refractivity contribution >= 4 is 11.6 Å². The lowest BCUT2D eigenvalue weighted by atomic mass is 10.0. The molecule has 1 N–H and O–H groups in total. The highest BCUT2D eigenvalue weighted by Crippen LogP contribution is 2.24. The van der Waals surface area contributed by atoms with Gasteiger partial charge in [0.05, 0.1) is 18.2 Å². The van der Waals surface area contributed by atoms with Gasteiger partial charge in [0.1, 0.15) is 11.6 Å². The van der Waals surface area contributed by atoms with E-state index in [2.05, 4.69) is 5.32 Å². The number of amides is 1. The monoisotopic (exact) mass is 340 g/mol. The molecule has 0 saturated carbocycles. The molecule has 1 amide bonds. The van der Waals surface area contributed by atoms with Crippen LogP contribution in [0.25, 0.3) is 0 Å². The number of halogens is 2. The number of hydrogen-bond donors (Lipinski definition) is 1. The first-order chi connectivity index (χ1) is 12.0. The number of aromatic nitrogens is 1. The predicted molar refractivity (Wildman–Crippen MR) is 93.4 cm³/mol. The van der Waals surface area contributed by atoms with Gasteiger partial charge in [-0.15, -0.1) is 0 Å². The number of aryl methyl sites for hydroxylation is 1. The summed E-state index contributed by atoms with van der Waals surface area (Å²) in [5.74, 6) is -1.65. The maximum Gasteiger partial charge on any atom is 0.226 e. The van der Waals surface area contributed by atoms with E-state index in [1.165, 1.54) is 0 Å². The van der Waals surface area contributed by atoms with E-state index in [0.29, 0.717) is 0 Å². The quantitative estimate of drug-likeness (QED) is 0.718. The molecular formula is C20H18F2N2O. The Balaban J connectivity index is 1.83. The van der Waals surface area contributed by atoms with E-state index in [0.717, 1.165) is 29.3 Å². The van der Waals surface area contributed by atoms with E-state index in [1.807, 2.05) is 60.3 Å². The van der Waals surface area contributed by atoms with Crippen molar-refractivity contribution in [2.24, 2.45) is 0 Å². The van der Waals surface area contributed by atoms with Crippen LogP contribution < -0.4 is 5.32 Å². The second-order valence-electron chi connectivity index (χ2n) is 5.94. The zero-order valence-electron chi connectivity index (χ0n) is 13.7. The third kappa shape index (κ3) is 4.12. The summed E-state index contributed by atoms with van der Waals surface area (Å²) in [4.78, 5) is 12.4. The smallest absolute Gasteiger partial charge is 0.226 e. The van der Waals surface area contributed by atoms with Crippen molar-refractivity contribution in [1.82, 2.24) is 4.57 Å². The molecule has 3 rings (SSSR count). The van der Waals surface area contributed by atoms with Crippen molar-refractivity contribution in [2.45, 2.75) is 19.4 Å². The van der Waals surface area contributed by atoms with Crippen LogP contribution in [0, 0.1) is 18.6 Å². The van der Waals surface area contributed by atoms with E-state index < -0.39 is 11.6 Å². The van der Waals surface area contributed by atoms with Gasteiger partial charge in [-0.3, -0.25) is 4.79 Å². The molecular weight excluding hydrogens is 322 g/mol. The van der Waals surface area contributed by atoms with Gasteiger partial charge in [-0.05, 0) is 36.8 Å². The number of carbonyl (C=O) groups is 1. The zero-order valence-corrected chi connectivity index (χ0v) is 13.7. The Labute approximate surface area is 144 Å². The van der Waals surface area contributed by atoms with Gasteiger partial charge in [0.25, 0.3) is 0 Å². The molecule has 0 spiro atoms. The van der Waals surface area contributed by atoms with Crippen LogP contribution >= 0.6 is 0 Å². The molecule has 1 heterocycles. The molecule has 0 aliphatic heterocycles. The van der Waals surface area contributed by atoms with Gasteiger partial charge in [0, 0.05) is 18.5 Å². The molecule has 0 bridgehead atoms. The lowest BCUT2D eigenvalue weighted by Gasteiger charge is -2.20. The van der Waals surface area contributed by atoms with E-state index >= 15 is 0 Å². The molecule has 0 aliphatic rings. The van der Waals surface area contributed by atoms with Crippen molar-refractivity contribution in [3.8, 4) is 0 Å². The summed E-state index contributed by atoms with van der Waals surface area (Å²) in [6, 6.07) is 14.4. The number of nitrogens with one attached hydrogen (secondary N) is 1. The minimum absolute atomic E-state index is 0.105. The first kappa shape index (κ1) is 16.9. The van der Waals surface area contributed by atoms with Crippen LogP contribution in [-0.2, 0) is 4.79 Å². The highest BCUT2D eigenvalue weighted by Gasteiger charge is 2.18. The van der Waals surface area contributed by atoms with Crippen LogP contribution in [0.1, 0.15) is 23.6 Å². The summed E-state index contributed by atoms with van der Waals surface area (Å²) in [6.07, 6.45) is 3.86. The van der Waals surface area contributed by atoms with Crippen molar-refractivity contribution in [3.63, 3.8) is 0 Å². The third-order valence-corrected chi connectivity index (χ3v) is 4.00. The number of anilines is 1. The fourth-order valence-corrected chi connectivity index (χ4v) is 2.80. The number of rotatable bonds is 5. The third-order valence-electron chi connectivity index (χ3n) is 4.00.